The molecule has 5 heteroatoms. The Morgan fingerprint density at radius 1 is 1.50 bits per heavy atom. The van der Waals surface area contributed by atoms with E-state index in [-0.39, 0.29) is 17.0 Å². The van der Waals surface area contributed by atoms with Crippen LogP contribution >= 0.6 is 0 Å². The third-order valence-corrected chi connectivity index (χ3v) is 1.84. The summed E-state index contributed by atoms with van der Waals surface area (Å²) < 4.78 is 24.8. The molecule has 0 atom stereocenters. The van der Waals surface area contributed by atoms with Gasteiger partial charge in [0, 0.05) is 5.56 Å². The summed E-state index contributed by atoms with van der Waals surface area (Å²) in [5, 5.41) is 9.13. The first-order valence-corrected chi connectivity index (χ1v) is 3.85. The van der Waals surface area contributed by atoms with Crippen LogP contribution in [0.2, 0.25) is 0 Å². The second-order valence-corrected chi connectivity index (χ2v) is 2.82. The van der Waals surface area contributed by atoms with E-state index in [1.807, 2.05) is 0 Å². The van der Waals surface area contributed by atoms with E-state index in [9.17, 15) is 13.6 Å². The van der Waals surface area contributed by atoms with Crippen LogP contribution in [0.4, 0.5) is 14.5 Å². The lowest BCUT2D eigenvalue weighted by atomic mass is 10.0. The highest BCUT2D eigenvalue weighted by molar-refractivity contribution is 6.01. The minimum atomic E-state index is -2.78. The fraction of sp³-hybridized carbons (Fsp3) is 0.222. The Hall–Kier alpha value is -1.65. The number of Topliss-reactive ketones (excluding diaryl/α,β-unsaturated/α-hetero) is 1. The Kier molecular flexibility index (Phi) is 2.69. The van der Waals surface area contributed by atoms with Crippen molar-refractivity contribution in [1.29, 1.82) is 0 Å². The molecule has 1 aromatic rings. The van der Waals surface area contributed by atoms with E-state index in [2.05, 4.69) is 0 Å². The van der Waals surface area contributed by atoms with Crippen molar-refractivity contribution in [3.05, 3.63) is 23.3 Å². The Morgan fingerprint density at radius 2 is 2.07 bits per heavy atom. The van der Waals surface area contributed by atoms with E-state index in [4.69, 9.17) is 10.8 Å². The molecule has 0 amide bonds. The first kappa shape index (κ1) is 10.4. The highest BCUT2D eigenvalue weighted by Gasteiger charge is 2.20. The summed E-state index contributed by atoms with van der Waals surface area (Å²) in [7, 11) is 0. The standard InChI is InChI=1S/C9H9F2NO2/c1-4(13)7-5(9(10)11)2-3-6(14)8(7)12/h2-3,9,14H,12H2,1H3. The molecule has 0 fully saturated rings. The minimum absolute atomic E-state index is 0.296. The van der Waals surface area contributed by atoms with Gasteiger partial charge in [0.2, 0.25) is 0 Å². The predicted octanol–water partition coefficient (Wildman–Crippen LogP) is 2.11. The second kappa shape index (κ2) is 3.61. The normalized spacial score (nSPS) is 10.6. The van der Waals surface area contributed by atoms with E-state index in [1.54, 1.807) is 0 Å². The molecule has 0 aliphatic rings. The Morgan fingerprint density at radius 3 is 2.50 bits per heavy atom. The predicted molar refractivity (Wildman–Crippen MR) is 47.5 cm³/mol. The summed E-state index contributed by atoms with van der Waals surface area (Å²) >= 11 is 0. The van der Waals surface area contributed by atoms with Gasteiger partial charge in [0.25, 0.3) is 6.43 Å². The number of halogens is 2. The van der Waals surface area contributed by atoms with Crippen LogP contribution in [0.5, 0.6) is 5.75 Å². The number of alkyl halides is 2. The molecule has 0 unspecified atom stereocenters. The molecule has 0 bridgehead atoms. The van der Waals surface area contributed by atoms with Gasteiger partial charge in [0.1, 0.15) is 5.75 Å². The van der Waals surface area contributed by atoms with Gasteiger partial charge in [-0.15, -0.1) is 0 Å². The summed E-state index contributed by atoms with van der Waals surface area (Å²) in [6.07, 6.45) is -2.78. The molecule has 14 heavy (non-hydrogen) atoms. The van der Waals surface area contributed by atoms with E-state index >= 15 is 0 Å². The summed E-state index contributed by atoms with van der Waals surface area (Å²) in [4.78, 5) is 11.0. The largest absolute Gasteiger partial charge is 0.506 e. The van der Waals surface area contributed by atoms with Crippen LogP contribution in [-0.2, 0) is 0 Å². The highest BCUT2D eigenvalue weighted by Crippen LogP contribution is 2.32. The van der Waals surface area contributed by atoms with Crippen LogP contribution in [-0.4, -0.2) is 10.9 Å². The molecule has 0 saturated carbocycles. The van der Waals surface area contributed by atoms with Crippen LogP contribution in [0, 0.1) is 0 Å². The van der Waals surface area contributed by atoms with E-state index in [0.717, 1.165) is 19.1 Å². The quantitative estimate of drug-likeness (QED) is 0.437. The average Bonchev–Trinajstić information content (AvgIpc) is 2.08. The Labute approximate surface area is 79.2 Å². The fourth-order valence-electron chi connectivity index (χ4n) is 1.20. The van der Waals surface area contributed by atoms with Gasteiger partial charge in [0.05, 0.1) is 11.3 Å². The third-order valence-electron chi connectivity index (χ3n) is 1.84. The van der Waals surface area contributed by atoms with Crippen molar-refractivity contribution in [3.63, 3.8) is 0 Å². The van der Waals surface area contributed by atoms with E-state index < -0.39 is 17.8 Å². The van der Waals surface area contributed by atoms with Gasteiger partial charge in [0.15, 0.2) is 5.78 Å². The Bertz CT molecular complexity index is 377. The van der Waals surface area contributed by atoms with Gasteiger partial charge in [-0.1, -0.05) is 0 Å². The first-order valence-electron chi connectivity index (χ1n) is 3.85. The summed E-state index contributed by atoms with van der Waals surface area (Å²) in [5.41, 5.74) is 4.27. The second-order valence-electron chi connectivity index (χ2n) is 2.82. The van der Waals surface area contributed by atoms with Crippen LogP contribution < -0.4 is 5.73 Å². The van der Waals surface area contributed by atoms with Crippen LogP contribution in [0.25, 0.3) is 0 Å². The molecule has 1 aromatic carbocycles. The van der Waals surface area contributed by atoms with Crippen molar-refractivity contribution in [2.75, 3.05) is 5.73 Å². The molecular formula is C9H9F2NO2. The number of carbonyl (C=O) groups excluding carboxylic acids is 1. The zero-order chi connectivity index (χ0) is 10.9. The molecular weight excluding hydrogens is 192 g/mol. The zero-order valence-corrected chi connectivity index (χ0v) is 7.42. The molecule has 0 aromatic heterocycles. The lowest BCUT2D eigenvalue weighted by Crippen LogP contribution is -2.05. The lowest BCUT2D eigenvalue weighted by molar-refractivity contribution is 0.0999. The van der Waals surface area contributed by atoms with Crippen LogP contribution in [0.1, 0.15) is 29.3 Å². The molecule has 76 valence electrons. The van der Waals surface area contributed by atoms with Crippen molar-refractivity contribution in [3.8, 4) is 5.75 Å². The third kappa shape index (κ3) is 1.66. The SMILES string of the molecule is CC(=O)c1c(C(F)F)ccc(O)c1N. The molecule has 0 saturated heterocycles. The molecule has 1 rings (SSSR count). The number of phenolic OH excluding ortho intramolecular Hbond substituents is 1. The monoisotopic (exact) mass is 201 g/mol. The topological polar surface area (TPSA) is 63.3 Å². The van der Waals surface area contributed by atoms with Gasteiger partial charge < -0.3 is 10.8 Å². The van der Waals surface area contributed by atoms with Crippen LogP contribution in [0.15, 0.2) is 12.1 Å². The maximum atomic E-state index is 12.4. The summed E-state index contributed by atoms with van der Waals surface area (Å²) in [6.45, 7) is 1.12. The number of benzene rings is 1. The van der Waals surface area contributed by atoms with Gasteiger partial charge in [-0.3, -0.25) is 4.79 Å². The molecule has 0 spiro atoms. The summed E-state index contributed by atoms with van der Waals surface area (Å²) in [5.74, 6) is -0.951. The number of phenols is 1. The number of aromatic hydroxyl groups is 1. The highest BCUT2D eigenvalue weighted by atomic mass is 19.3. The molecule has 0 aliphatic carbocycles. The molecule has 0 radical (unpaired) electrons. The maximum Gasteiger partial charge on any atom is 0.264 e. The van der Waals surface area contributed by atoms with Crippen molar-refractivity contribution in [2.45, 2.75) is 13.3 Å². The van der Waals surface area contributed by atoms with Gasteiger partial charge in [-0.2, -0.15) is 0 Å². The molecule has 0 aliphatic heterocycles. The number of rotatable bonds is 2. The number of nitrogen functional groups attached to an aromatic ring is 1. The fourth-order valence-corrected chi connectivity index (χ4v) is 1.20. The minimum Gasteiger partial charge on any atom is -0.506 e. The van der Waals surface area contributed by atoms with E-state index in [0.29, 0.717) is 0 Å². The number of anilines is 1. The maximum absolute atomic E-state index is 12.4. The van der Waals surface area contributed by atoms with Crippen molar-refractivity contribution < 1.29 is 18.7 Å². The van der Waals surface area contributed by atoms with E-state index in [1.165, 1.54) is 0 Å². The van der Waals surface area contributed by atoms with Crippen molar-refractivity contribution in [2.24, 2.45) is 0 Å². The average molecular weight is 201 g/mol. The summed E-state index contributed by atoms with van der Waals surface area (Å²) in [6, 6.07) is 2.04. The van der Waals surface area contributed by atoms with Gasteiger partial charge >= 0.3 is 0 Å². The van der Waals surface area contributed by atoms with Crippen molar-refractivity contribution >= 4 is 11.5 Å². The van der Waals surface area contributed by atoms with Crippen LogP contribution in [0.3, 0.4) is 0 Å². The van der Waals surface area contributed by atoms with Gasteiger partial charge in [-0.05, 0) is 19.1 Å². The number of ketones is 1. The lowest BCUT2D eigenvalue weighted by Gasteiger charge is -2.09. The molecule has 3 N–H and O–H groups in total. The molecule has 0 heterocycles. The molecule has 3 nitrogen and oxygen atoms in total. The Balaban J connectivity index is 3.45. The van der Waals surface area contributed by atoms with Crippen molar-refractivity contribution in [1.82, 2.24) is 0 Å². The zero-order valence-electron chi connectivity index (χ0n) is 7.42. The smallest absolute Gasteiger partial charge is 0.264 e. The number of carbonyl (C=O) groups is 1. The first-order chi connectivity index (χ1) is 6.45. The van der Waals surface area contributed by atoms with Gasteiger partial charge in [-0.25, -0.2) is 8.78 Å². The number of hydrogen-bond acceptors (Lipinski definition) is 3. The number of nitrogens with two attached hydrogens (primary N) is 1. The number of hydrogen-bond donors (Lipinski definition) is 2.